The second-order valence-corrected chi connectivity index (χ2v) is 11.1. The minimum absolute atomic E-state index is 0.154. The summed E-state index contributed by atoms with van der Waals surface area (Å²) in [4.78, 5) is 24.0. The average molecular weight is 478 g/mol. The van der Waals surface area contributed by atoms with Gasteiger partial charge in [0.2, 0.25) is 15.9 Å². The van der Waals surface area contributed by atoms with Gasteiger partial charge in [0.15, 0.2) is 5.65 Å². The van der Waals surface area contributed by atoms with Gasteiger partial charge in [-0.25, -0.2) is 18.4 Å². The predicted molar refractivity (Wildman–Crippen MR) is 134 cm³/mol. The van der Waals surface area contributed by atoms with E-state index < -0.39 is 15.6 Å². The van der Waals surface area contributed by atoms with Crippen LogP contribution in [0.15, 0.2) is 65.8 Å². The molecule has 0 aliphatic rings. The molecule has 4 rings (SSSR count). The van der Waals surface area contributed by atoms with Crippen LogP contribution in [-0.4, -0.2) is 46.2 Å². The van der Waals surface area contributed by atoms with Crippen LogP contribution in [0.2, 0.25) is 0 Å². The standard InChI is InChI=1S/C25H27N5O3S/c1-16(31)28-19-10-6-9-18(12-19)22-15-27-24-23(29-22)21(14-26-24)17-8-7-11-20(13-17)34(32,33)30(5)25(2,3)4/h6-15H,1-5H3,(H,26,27)(H,28,31). The Morgan fingerprint density at radius 2 is 1.76 bits per heavy atom. The lowest BCUT2D eigenvalue weighted by Gasteiger charge is -2.30. The maximum Gasteiger partial charge on any atom is 0.243 e. The first kappa shape index (κ1) is 23.6. The third-order valence-corrected chi connectivity index (χ3v) is 7.73. The van der Waals surface area contributed by atoms with Crippen molar-refractivity contribution in [2.45, 2.75) is 38.1 Å². The molecule has 0 saturated carbocycles. The number of aromatic nitrogens is 3. The number of carbonyl (C=O) groups is 1. The van der Waals surface area contributed by atoms with Gasteiger partial charge < -0.3 is 10.3 Å². The van der Waals surface area contributed by atoms with E-state index in [2.05, 4.69) is 15.3 Å². The third-order valence-electron chi connectivity index (χ3n) is 5.61. The normalized spacial score (nSPS) is 12.3. The molecule has 2 aromatic heterocycles. The minimum Gasteiger partial charge on any atom is -0.344 e. The van der Waals surface area contributed by atoms with Gasteiger partial charge in [-0.3, -0.25) is 4.79 Å². The number of nitrogens with one attached hydrogen (secondary N) is 2. The van der Waals surface area contributed by atoms with Crippen molar-refractivity contribution >= 4 is 32.8 Å². The molecule has 34 heavy (non-hydrogen) atoms. The van der Waals surface area contributed by atoms with Gasteiger partial charge in [0.1, 0.15) is 5.52 Å². The summed E-state index contributed by atoms with van der Waals surface area (Å²) < 4.78 is 27.7. The minimum atomic E-state index is -3.68. The van der Waals surface area contributed by atoms with Gasteiger partial charge in [-0.05, 0) is 50.6 Å². The average Bonchev–Trinajstić information content (AvgIpc) is 3.21. The highest BCUT2D eigenvalue weighted by molar-refractivity contribution is 7.89. The van der Waals surface area contributed by atoms with Crippen LogP contribution >= 0.6 is 0 Å². The van der Waals surface area contributed by atoms with Crippen LogP contribution in [0.25, 0.3) is 33.5 Å². The Labute approximate surface area is 199 Å². The summed E-state index contributed by atoms with van der Waals surface area (Å²) in [6, 6.07) is 14.2. The molecule has 4 aromatic rings. The van der Waals surface area contributed by atoms with E-state index in [-0.39, 0.29) is 10.8 Å². The number of anilines is 1. The molecule has 0 saturated heterocycles. The lowest BCUT2D eigenvalue weighted by Crippen LogP contribution is -2.42. The zero-order valence-electron chi connectivity index (χ0n) is 19.7. The van der Waals surface area contributed by atoms with Crippen molar-refractivity contribution in [1.82, 2.24) is 19.3 Å². The van der Waals surface area contributed by atoms with Crippen molar-refractivity contribution < 1.29 is 13.2 Å². The molecule has 2 heterocycles. The highest BCUT2D eigenvalue weighted by atomic mass is 32.2. The molecule has 0 bridgehead atoms. The SMILES string of the molecule is CC(=O)Nc1cccc(-c2cnc3[nH]cc(-c4cccc(S(=O)(=O)N(C)C(C)(C)C)c4)c3n2)c1. The first-order valence-electron chi connectivity index (χ1n) is 10.8. The number of fused-ring (bicyclic) bond motifs is 1. The highest BCUT2D eigenvalue weighted by Gasteiger charge is 2.30. The van der Waals surface area contributed by atoms with Gasteiger partial charge in [0, 0.05) is 42.5 Å². The monoisotopic (exact) mass is 477 g/mol. The molecule has 0 aliphatic heterocycles. The third kappa shape index (κ3) is 4.57. The summed E-state index contributed by atoms with van der Waals surface area (Å²) in [6.45, 7) is 7.02. The van der Waals surface area contributed by atoms with Gasteiger partial charge in [0.05, 0.1) is 16.8 Å². The van der Waals surface area contributed by atoms with Crippen LogP contribution in [0.5, 0.6) is 0 Å². The van der Waals surface area contributed by atoms with Gasteiger partial charge in [0.25, 0.3) is 0 Å². The van der Waals surface area contributed by atoms with E-state index in [0.717, 1.165) is 11.1 Å². The van der Waals surface area contributed by atoms with Crippen molar-refractivity contribution in [3.63, 3.8) is 0 Å². The van der Waals surface area contributed by atoms with Gasteiger partial charge >= 0.3 is 0 Å². The van der Waals surface area contributed by atoms with Gasteiger partial charge in [-0.15, -0.1) is 0 Å². The van der Waals surface area contributed by atoms with Crippen LogP contribution in [0.4, 0.5) is 5.69 Å². The van der Waals surface area contributed by atoms with Crippen molar-refractivity contribution in [3.8, 4) is 22.4 Å². The Bertz CT molecular complexity index is 1490. The van der Waals surface area contributed by atoms with Crippen molar-refractivity contribution in [1.29, 1.82) is 0 Å². The number of hydrogen-bond acceptors (Lipinski definition) is 5. The molecule has 176 valence electrons. The van der Waals surface area contributed by atoms with Crippen LogP contribution in [0.1, 0.15) is 27.7 Å². The van der Waals surface area contributed by atoms with E-state index in [1.54, 1.807) is 43.7 Å². The number of hydrogen-bond donors (Lipinski definition) is 2. The topological polar surface area (TPSA) is 108 Å². The molecule has 0 atom stereocenters. The van der Waals surface area contributed by atoms with Crippen LogP contribution < -0.4 is 5.32 Å². The summed E-state index contributed by atoms with van der Waals surface area (Å²) in [5, 5.41) is 2.77. The van der Waals surface area contributed by atoms with Crippen molar-refractivity contribution in [2.24, 2.45) is 0 Å². The van der Waals surface area contributed by atoms with Crippen LogP contribution in [0, 0.1) is 0 Å². The maximum absolute atomic E-state index is 13.2. The fraction of sp³-hybridized carbons (Fsp3) is 0.240. The Kier molecular flexibility index (Phi) is 6.01. The van der Waals surface area contributed by atoms with Crippen molar-refractivity contribution in [3.05, 3.63) is 60.9 Å². The maximum atomic E-state index is 13.2. The zero-order valence-corrected chi connectivity index (χ0v) is 20.6. The second kappa shape index (κ2) is 8.66. The zero-order chi connectivity index (χ0) is 24.7. The van der Waals surface area contributed by atoms with Crippen molar-refractivity contribution in [2.75, 3.05) is 12.4 Å². The summed E-state index contributed by atoms with van der Waals surface area (Å²) >= 11 is 0. The molecular weight excluding hydrogens is 450 g/mol. The van der Waals surface area contributed by atoms with Crippen LogP contribution in [0.3, 0.4) is 0 Å². The molecule has 8 nitrogen and oxygen atoms in total. The fourth-order valence-corrected chi connectivity index (χ4v) is 5.12. The summed E-state index contributed by atoms with van der Waals surface area (Å²) in [6.07, 6.45) is 3.44. The quantitative estimate of drug-likeness (QED) is 0.434. The smallest absolute Gasteiger partial charge is 0.243 e. The van der Waals surface area contributed by atoms with E-state index in [1.807, 2.05) is 45.0 Å². The number of sulfonamides is 1. The molecule has 2 aromatic carbocycles. The molecule has 0 unspecified atom stereocenters. The molecule has 0 radical (unpaired) electrons. The lowest BCUT2D eigenvalue weighted by molar-refractivity contribution is -0.114. The van der Waals surface area contributed by atoms with Crippen LogP contribution in [-0.2, 0) is 14.8 Å². The first-order chi connectivity index (χ1) is 16.0. The Morgan fingerprint density at radius 1 is 1.06 bits per heavy atom. The number of nitrogens with zero attached hydrogens (tertiary/aromatic N) is 3. The number of carbonyl (C=O) groups excluding carboxylic acids is 1. The predicted octanol–water partition coefficient (Wildman–Crippen LogP) is 4.67. The summed E-state index contributed by atoms with van der Waals surface area (Å²) in [7, 11) is -2.09. The van der Waals surface area contributed by atoms with E-state index in [9.17, 15) is 13.2 Å². The second-order valence-electron chi connectivity index (χ2n) is 9.09. The molecule has 2 N–H and O–H groups in total. The van der Waals surface area contributed by atoms with E-state index in [4.69, 9.17) is 4.98 Å². The number of aromatic amines is 1. The number of amides is 1. The Hall–Kier alpha value is -3.56. The molecule has 0 aliphatic carbocycles. The van der Waals surface area contributed by atoms with E-state index in [0.29, 0.717) is 28.1 Å². The van der Waals surface area contributed by atoms with Gasteiger partial charge in [-0.2, -0.15) is 4.31 Å². The molecule has 0 spiro atoms. The summed E-state index contributed by atoms with van der Waals surface area (Å²) in [5.74, 6) is -0.154. The Balaban J connectivity index is 1.77. The molecule has 1 amide bonds. The van der Waals surface area contributed by atoms with E-state index >= 15 is 0 Å². The van der Waals surface area contributed by atoms with E-state index in [1.165, 1.54) is 11.2 Å². The Morgan fingerprint density at radius 3 is 2.47 bits per heavy atom. The number of benzene rings is 2. The fourth-order valence-electron chi connectivity index (χ4n) is 3.55. The summed E-state index contributed by atoms with van der Waals surface area (Å²) in [5.41, 5.74) is 4.24. The highest BCUT2D eigenvalue weighted by Crippen LogP contribution is 2.31. The lowest BCUT2D eigenvalue weighted by atomic mass is 10.1. The number of rotatable bonds is 5. The first-order valence-corrected chi connectivity index (χ1v) is 12.2. The largest absolute Gasteiger partial charge is 0.344 e. The number of H-pyrrole nitrogens is 1. The molecule has 0 fully saturated rings. The molecular formula is C25H27N5O3S. The molecule has 9 heteroatoms. The van der Waals surface area contributed by atoms with Gasteiger partial charge in [-0.1, -0.05) is 24.3 Å².